The number of carboxylic acid groups (broad SMARTS) is 1. The van der Waals surface area contributed by atoms with E-state index in [0.29, 0.717) is 17.7 Å². The summed E-state index contributed by atoms with van der Waals surface area (Å²) in [5, 5.41) is 11.7. The highest BCUT2D eigenvalue weighted by molar-refractivity contribution is 9.10. The molecule has 0 saturated heterocycles. The van der Waals surface area contributed by atoms with Gasteiger partial charge in [0.15, 0.2) is 0 Å². The maximum absolute atomic E-state index is 12.0. The summed E-state index contributed by atoms with van der Waals surface area (Å²) < 4.78 is 6.04. The van der Waals surface area contributed by atoms with Crippen molar-refractivity contribution in [3.63, 3.8) is 0 Å². The summed E-state index contributed by atoms with van der Waals surface area (Å²) in [6, 6.07) is 4.50. The van der Waals surface area contributed by atoms with Crippen LogP contribution in [0, 0.1) is 5.92 Å². The number of carboxylic acids is 1. The Morgan fingerprint density at radius 1 is 1.38 bits per heavy atom. The largest absolute Gasteiger partial charge is 0.496 e. The van der Waals surface area contributed by atoms with Crippen molar-refractivity contribution in [2.24, 2.45) is 5.92 Å². The van der Waals surface area contributed by atoms with Crippen LogP contribution in [-0.2, 0) is 16.0 Å². The minimum Gasteiger partial charge on any atom is -0.496 e. The molecular formula is C15H20BrNO4. The Morgan fingerprint density at radius 2 is 2.05 bits per heavy atom. The van der Waals surface area contributed by atoms with E-state index in [1.807, 2.05) is 19.9 Å². The molecule has 6 heteroatoms. The number of benzene rings is 1. The zero-order valence-corrected chi connectivity index (χ0v) is 13.9. The second-order valence-corrected chi connectivity index (χ2v) is 6.14. The first-order valence-electron chi connectivity index (χ1n) is 6.68. The highest BCUT2D eigenvalue weighted by Gasteiger charge is 2.21. The van der Waals surface area contributed by atoms with E-state index in [1.165, 1.54) is 7.11 Å². The van der Waals surface area contributed by atoms with Crippen molar-refractivity contribution in [3.05, 3.63) is 28.2 Å². The number of methoxy groups -OCH3 is 1. The zero-order chi connectivity index (χ0) is 16.0. The van der Waals surface area contributed by atoms with Crippen molar-refractivity contribution in [1.29, 1.82) is 0 Å². The number of aliphatic carboxylic acids is 1. The summed E-state index contributed by atoms with van der Waals surface area (Å²) in [5.41, 5.74) is 0.707. The van der Waals surface area contributed by atoms with Gasteiger partial charge < -0.3 is 15.2 Å². The Kier molecular flexibility index (Phi) is 6.68. The third-order valence-electron chi connectivity index (χ3n) is 2.93. The van der Waals surface area contributed by atoms with Crippen molar-refractivity contribution in [2.45, 2.75) is 32.7 Å². The first kappa shape index (κ1) is 17.5. The van der Waals surface area contributed by atoms with Gasteiger partial charge in [-0.05, 0) is 30.5 Å². The zero-order valence-electron chi connectivity index (χ0n) is 12.4. The molecule has 0 aromatic heterocycles. The summed E-state index contributed by atoms with van der Waals surface area (Å²) in [6.07, 6.45) is 0.473. The van der Waals surface area contributed by atoms with Crippen LogP contribution in [-0.4, -0.2) is 30.1 Å². The predicted octanol–water partition coefficient (Wildman–Crippen LogP) is 2.62. The van der Waals surface area contributed by atoms with Crippen LogP contribution < -0.4 is 10.1 Å². The molecule has 0 aliphatic rings. The lowest BCUT2D eigenvalue weighted by atomic mass is 10.0. The van der Waals surface area contributed by atoms with E-state index in [0.717, 1.165) is 4.47 Å². The summed E-state index contributed by atoms with van der Waals surface area (Å²) in [6.45, 7) is 3.83. The molecule has 1 amide bonds. The van der Waals surface area contributed by atoms with Crippen LogP contribution in [0.1, 0.15) is 25.8 Å². The van der Waals surface area contributed by atoms with Crippen LogP contribution in [0.4, 0.5) is 0 Å². The Labute approximate surface area is 132 Å². The lowest BCUT2D eigenvalue weighted by molar-refractivity contribution is -0.142. The van der Waals surface area contributed by atoms with E-state index in [9.17, 15) is 9.59 Å². The lowest BCUT2D eigenvalue weighted by Crippen LogP contribution is -2.42. The quantitative estimate of drug-likeness (QED) is 0.786. The molecule has 5 nitrogen and oxygen atoms in total. The fourth-order valence-corrected chi connectivity index (χ4v) is 2.41. The van der Waals surface area contributed by atoms with E-state index in [1.54, 1.807) is 12.1 Å². The molecular weight excluding hydrogens is 338 g/mol. The molecule has 1 unspecified atom stereocenters. The van der Waals surface area contributed by atoms with Crippen LogP contribution in [0.3, 0.4) is 0 Å². The first-order valence-corrected chi connectivity index (χ1v) is 7.47. The predicted molar refractivity (Wildman–Crippen MR) is 83.4 cm³/mol. The van der Waals surface area contributed by atoms with Gasteiger partial charge in [0.2, 0.25) is 5.91 Å². The van der Waals surface area contributed by atoms with Crippen molar-refractivity contribution < 1.29 is 19.4 Å². The Hall–Kier alpha value is -1.56. The molecule has 1 rings (SSSR count). The smallest absolute Gasteiger partial charge is 0.326 e. The monoisotopic (exact) mass is 357 g/mol. The number of hydrogen-bond acceptors (Lipinski definition) is 3. The Bertz CT molecular complexity index is 516. The van der Waals surface area contributed by atoms with Crippen molar-refractivity contribution in [2.75, 3.05) is 7.11 Å². The van der Waals surface area contributed by atoms with Crippen LogP contribution >= 0.6 is 15.9 Å². The normalized spacial score (nSPS) is 12.0. The number of nitrogens with one attached hydrogen (secondary N) is 1. The molecule has 1 atom stereocenters. The molecule has 0 aliphatic carbocycles. The highest BCUT2D eigenvalue weighted by atomic mass is 79.9. The molecule has 0 heterocycles. The number of carbonyl (C=O) groups is 2. The van der Waals surface area contributed by atoms with Gasteiger partial charge in [-0.1, -0.05) is 29.8 Å². The van der Waals surface area contributed by atoms with Gasteiger partial charge >= 0.3 is 5.97 Å². The molecule has 2 N–H and O–H groups in total. The first-order chi connectivity index (χ1) is 9.83. The molecule has 0 aliphatic heterocycles. The maximum Gasteiger partial charge on any atom is 0.326 e. The van der Waals surface area contributed by atoms with Gasteiger partial charge in [-0.15, -0.1) is 0 Å². The van der Waals surface area contributed by atoms with Gasteiger partial charge in [-0.25, -0.2) is 4.79 Å². The van der Waals surface area contributed by atoms with Crippen LogP contribution in [0.5, 0.6) is 5.75 Å². The molecule has 0 radical (unpaired) electrons. The number of hydrogen-bond donors (Lipinski definition) is 2. The van der Waals surface area contributed by atoms with Crippen LogP contribution in [0.2, 0.25) is 0 Å². The average molecular weight is 358 g/mol. The van der Waals surface area contributed by atoms with E-state index in [4.69, 9.17) is 9.84 Å². The van der Waals surface area contributed by atoms with Gasteiger partial charge in [0.25, 0.3) is 0 Å². The fourth-order valence-electron chi connectivity index (χ4n) is 2.00. The maximum atomic E-state index is 12.0. The van der Waals surface area contributed by atoms with Gasteiger partial charge in [0, 0.05) is 10.0 Å². The number of ether oxygens (including phenoxy) is 1. The third-order valence-corrected chi connectivity index (χ3v) is 3.43. The molecule has 0 bridgehead atoms. The standard InChI is InChI=1S/C15H20BrNO4/c1-9(2)6-12(15(19)20)17-14(18)8-10-7-11(16)4-5-13(10)21-3/h4-5,7,9,12H,6,8H2,1-3H3,(H,17,18)(H,19,20). The summed E-state index contributed by atoms with van der Waals surface area (Å²) in [5.74, 6) is -0.561. The Morgan fingerprint density at radius 3 is 2.57 bits per heavy atom. The number of halogens is 1. The topological polar surface area (TPSA) is 75.6 Å². The molecule has 0 spiro atoms. The van der Waals surface area contributed by atoms with E-state index >= 15 is 0 Å². The third kappa shape index (κ3) is 5.75. The second kappa shape index (κ2) is 8.02. The molecule has 1 aromatic rings. The van der Waals surface area contributed by atoms with Crippen molar-refractivity contribution in [1.82, 2.24) is 5.32 Å². The average Bonchev–Trinajstić information content (AvgIpc) is 2.37. The second-order valence-electron chi connectivity index (χ2n) is 5.22. The fraction of sp³-hybridized carbons (Fsp3) is 0.467. The van der Waals surface area contributed by atoms with Gasteiger partial charge in [0.1, 0.15) is 11.8 Å². The molecule has 0 fully saturated rings. The Balaban J connectivity index is 2.76. The van der Waals surface area contributed by atoms with E-state index < -0.39 is 12.0 Å². The lowest BCUT2D eigenvalue weighted by Gasteiger charge is -2.17. The number of amides is 1. The molecule has 21 heavy (non-hydrogen) atoms. The number of carbonyl (C=O) groups excluding carboxylic acids is 1. The van der Waals surface area contributed by atoms with E-state index in [-0.39, 0.29) is 18.2 Å². The summed E-state index contributed by atoms with van der Waals surface area (Å²) >= 11 is 3.34. The molecule has 1 aromatic carbocycles. The highest BCUT2D eigenvalue weighted by Crippen LogP contribution is 2.23. The summed E-state index contributed by atoms with van der Waals surface area (Å²) in [4.78, 5) is 23.2. The van der Waals surface area contributed by atoms with Gasteiger partial charge in [0.05, 0.1) is 13.5 Å². The van der Waals surface area contributed by atoms with Gasteiger partial charge in [-0.2, -0.15) is 0 Å². The van der Waals surface area contributed by atoms with Crippen molar-refractivity contribution in [3.8, 4) is 5.75 Å². The minimum atomic E-state index is -1.02. The van der Waals surface area contributed by atoms with Crippen LogP contribution in [0.25, 0.3) is 0 Å². The summed E-state index contributed by atoms with van der Waals surface area (Å²) in [7, 11) is 1.53. The minimum absolute atomic E-state index is 0.0739. The van der Waals surface area contributed by atoms with E-state index in [2.05, 4.69) is 21.2 Å². The van der Waals surface area contributed by atoms with Crippen molar-refractivity contribution >= 4 is 27.8 Å². The molecule has 116 valence electrons. The molecule has 0 saturated carbocycles. The van der Waals surface area contributed by atoms with Crippen LogP contribution in [0.15, 0.2) is 22.7 Å². The SMILES string of the molecule is COc1ccc(Br)cc1CC(=O)NC(CC(C)C)C(=O)O. The number of rotatable bonds is 7. The van der Waals surface area contributed by atoms with Gasteiger partial charge in [-0.3, -0.25) is 4.79 Å².